The summed E-state index contributed by atoms with van der Waals surface area (Å²) in [5.74, 6) is -0.0341. The highest BCUT2D eigenvalue weighted by molar-refractivity contribution is 6.42. The minimum absolute atomic E-state index is 0. The normalized spacial score (nSPS) is 17.1. The van der Waals surface area contributed by atoms with Gasteiger partial charge < -0.3 is 15.4 Å². The van der Waals surface area contributed by atoms with Gasteiger partial charge in [-0.2, -0.15) is 0 Å². The lowest BCUT2D eigenvalue weighted by Crippen LogP contribution is -2.42. The number of benzene rings is 2. The molecule has 1 saturated heterocycles. The molecule has 25 heavy (non-hydrogen) atoms. The van der Waals surface area contributed by atoms with Crippen molar-refractivity contribution in [3.05, 3.63) is 63.1 Å². The van der Waals surface area contributed by atoms with Crippen molar-refractivity contribution in [2.45, 2.75) is 13.0 Å². The molecule has 1 atom stereocenters. The summed E-state index contributed by atoms with van der Waals surface area (Å²) in [4.78, 5) is 14.6. The van der Waals surface area contributed by atoms with E-state index in [9.17, 15) is 4.79 Å². The van der Waals surface area contributed by atoms with Crippen molar-refractivity contribution >= 4 is 47.2 Å². The van der Waals surface area contributed by atoms with E-state index in [0.29, 0.717) is 41.0 Å². The van der Waals surface area contributed by atoms with E-state index in [-0.39, 0.29) is 24.4 Å². The lowest BCUT2D eigenvalue weighted by Gasteiger charge is -2.33. The lowest BCUT2D eigenvalue weighted by molar-refractivity contribution is -0.0228. The van der Waals surface area contributed by atoms with Crippen LogP contribution in [0.5, 0.6) is 0 Å². The summed E-state index contributed by atoms with van der Waals surface area (Å²) in [6, 6.07) is 10.8. The molecule has 1 fully saturated rings. The largest absolute Gasteiger partial charge is 0.399 e. The molecule has 2 aromatic rings. The predicted molar refractivity (Wildman–Crippen MR) is 104 cm³/mol. The summed E-state index contributed by atoms with van der Waals surface area (Å²) >= 11 is 12.0. The van der Waals surface area contributed by atoms with Gasteiger partial charge in [-0.05, 0) is 42.3 Å². The van der Waals surface area contributed by atoms with Crippen LogP contribution in [0.25, 0.3) is 0 Å². The molecule has 1 aliphatic rings. The summed E-state index contributed by atoms with van der Waals surface area (Å²) in [6.07, 6.45) is -0.223. The van der Waals surface area contributed by atoms with E-state index in [0.717, 1.165) is 11.1 Å². The number of nitrogens with two attached hydrogens (primary N) is 1. The average molecular weight is 402 g/mol. The Hall–Kier alpha value is -1.46. The van der Waals surface area contributed by atoms with Gasteiger partial charge in [0.05, 0.1) is 23.2 Å². The first-order chi connectivity index (χ1) is 11.5. The van der Waals surface area contributed by atoms with E-state index in [1.165, 1.54) is 0 Å². The predicted octanol–water partition coefficient (Wildman–Crippen LogP) is 4.52. The van der Waals surface area contributed by atoms with Crippen LogP contribution < -0.4 is 5.73 Å². The van der Waals surface area contributed by atoms with Crippen LogP contribution in [0.3, 0.4) is 0 Å². The zero-order valence-electron chi connectivity index (χ0n) is 13.7. The van der Waals surface area contributed by atoms with E-state index in [4.69, 9.17) is 33.7 Å². The molecule has 2 aromatic carbocycles. The maximum atomic E-state index is 12.8. The number of hydrogen-bond donors (Lipinski definition) is 1. The molecule has 1 unspecified atom stereocenters. The van der Waals surface area contributed by atoms with Crippen molar-refractivity contribution in [3.8, 4) is 0 Å². The quantitative estimate of drug-likeness (QED) is 0.753. The molecule has 4 nitrogen and oxygen atoms in total. The fraction of sp³-hybridized carbons (Fsp3) is 0.278. The summed E-state index contributed by atoms with van der Waals surface area (Å²) in [6.45, 7) is 3.39. The molecular formula is C18H19Cl3N2O2. The maximum absolute atomic E-state index is 12.8. The summed E-state index contributed by atoms with van der Waals surface area (Å²) in [5, 5.41) is 0.979. The Kier molecular flexibility index (Phi) is 6.58. The molecule has 1 amide bonds. The number of amides is 1. The fourth-order valence-electron chi connectivity index (χ4n) is 2.79. The van der Waals surface area contributed by atoms with Gasteiger partial charge in [-0.3, -0.25) is 4.79 Å². The van der Waals surface area contributed by atoms with Gasteiger partial charge in [0.25, 0.3) is 5.91 Å². The van der Waals surface area contributed by atoms with E-state index in [1.807, 2.05) is 19.1 Å². The molecule has 134 valence electrons. The summed E-state index contributed by atoms with van der Waals surface area (Å²) < 4.78 is 5.81. The second-order valence-electron chi connectivity index (χ2n) is 5.86. The first-order valence-electron chi connectivity index (χ1n) is 7.67. The molecular weight excluding hydrogens is 383 g/mol. The Balaban J connectivity index is 0.00000225. The molecule has 0 spiro atoms. The molecule has 1 heterocycles. The Morgan fingerprint density at radius 1 is 1.20 bits per heavy atom. The fourth-order valence-corrected chi connectivity index (χ4v) is 3.09. The monoisotopic (exact) mass is 400 g/mol. The zero-order valence-corrected chi connectivity index (χ0v) is 16.0. The number of aryl methyl sites for hydroxylation is 1. The Bertz CT molecular complexity index is 783. The number of halogens is 3. The lowest BCUT2D eigenvalue weighted by atomic mass is 10.0. The highest BCUT2D eigenvalue weighted by Gasteiger charge is 2.27. The first-order valence-corrected chi connectivity index (χ1v) is 8.43. The van der Waals surface area contributed by atoms with Crippen LogP contribution in [0.2, 0.25) is 10.0 Å². The van der Waals surface area contributed by atoms with Crippen LogP contribution in [-0.4, -0.2) is 30.5 Å². The summed E-state index contributed by atoms with van der Waals surface area (Å²) in [7, 11) is 0. The first kappa shape index (κ1) is 19.9. The molecule has 7 heteroatoms. The molecule has 0 aliphatic carbocycles. The number of rotatable bonds is 2. The van der Waals surface area contributed by atoms with Gasteiger partial charge in [0, 0.05) is 17.8 Å². The Morgan fingerprint density at radius 2 is 1.96 bits per heavy atom. The third-order valence-electron chi connectivity index (χ3n) is 4.16. The van der Waals surface area contributed by atoms with Crippen LogP contribution in [0.4, 0.5) is 5.69 Å². The van der Waals surface area contributed by atoms with Gasteiger partial charge in [0.2, 0.25) is 0 Å². The van der Waals surface area contributed by atoms with Crippen molar-refractivity contribution in [2.75, 3.05) is 25.4 Å². The van der Waals surface area contributed by atoms with Crippen molar-refractivity contribution < 1.29 is 9.53 Å². The van der Waals surface area contributed by atoms with Crippen LogP contribution in [0.1, 0.15) is 27.6 Å². The topological polar surface area (TPSA) is 55.6 Å². The van der Waals surface area contributed by atoms with Crippen LogP contribution in [0, 0.1) is 6.92 Å². The summed E-state index contributed by atoms with van der Waals surface area (Å²) in [5.41, 5.74) is 8.85. The van der Waals surface area contributed by atoms with Gasteiger partial charge >= 0.3 is 0 Å². The second kappa shape index (κ2) is 8.28. The molecule has 1 aliphatic heterocycles. The molecule has 0 radical (unpaired) electrons. The average Bonchev–Trinajstić information content (AvgIpc) is 2.59. The minimum atomic E-state index is -0.223. The number of anilines is 1. The Morgan fingerprint density at radius 3 is 2.68 bits per heavy atom. The number of ether oxygens (including phenoxy) is 1. The number of nitrogen functional groups attached to an aromatic ring is 1. The number of carbonyl (C=O) groups excluding carboxylic acids is 1. The molecule has 0 aromatic heterocycles. The van der Waals surface area contributed by atoms with Crippen molar-refractivity contribution in [3.63, 3.8) is 0 Å². The van der Waals surface area contributed by atoms with Crippen LogP contribution in [0.15, 0.2) is 36.4 Å². The zero-order chi connectivity index (χ0) is 17.3. The minimum Gasteiger partial charge on any atom is -0.399 e. The number of morpholine rings is 1. The van der Waals surface area contributed by atoms with Crippen molar-refractivity contribution in [1.82, 2.24) is 4.90 Å². The van der Waals surface area contributed by atoms with E-state index >= 15 is 0 Å². The third-order valence-corrected chi connectivity index (χ3v) is 4.90. The number of nitrogens with zero attached hydrogens (tertiary/aromatic N) is 1. The molecule has 0 bridgehead atoms. The van der Waals surface area contributed by atoms with Gasteiger partial charge in [-0.1, -0.05) is 35.3 Å². The third kappa shape index (κ3) is 4.39. The number of carbonyl (C=O) groups is 1. The highest BCUT2D eigenvalue weighted by atomic mass is 35.5. The molecule has 2 N–H and O–H groups in total. The van der Waals surface area contributed by atoms with Gasteiger partial charge in [0.1, 0.15) is 6.10 Å². The SMILES string of the molecule is Cc1ccc(N)cc1C(=O)N1CCOC(c2ccc(Cl)c(Cl)c2)C1.Cl. The van der Waals surface area contributed by atoms with Gasteiger partial charge in [0.15, 0.2) is 0 Å². The maximum Gasteiger partial charge on any atom is 0.254 e. The van der Waals surface area contributed by atoms with Gasteiger partial charge in [-0.15, -0.1) is 12.4 Å². The van der Waals surface area contributed by atoms with Crippen molar-refractivity contribution in [2.24, 2.45) is 0 Å². The highest BCUT2D eigenvalue weighted by Crippen LogP contribution is 2.29. The smallest absolute Gasteiger partial charge is 0.254 e. The van der Waals surface area contributed by atoms with Crippen molar-refractivity contribution in [1.29, 1.82) is 0 Å². The Labute approximate surface area is 163 Å². The van der Waals surface area contributed by atoms with E-state index in [2.05, 4.69) is 0 Å². The van der Waals surface area contributed by atoms with E-state index in [1.54, 1.807) is 29.2 Å². The second-order valence-corrected chi connectivity index (χ2v) is 6.67. The van der Waals surface area contributed by atoms with Gasteiger partial charge in [-0.25, -0.2) is 0 Å². The van der Waals surface area contributed by atoms with E-state index < -0.39 is 0 Å². The van der Waals surface area contributed by atoms with Crippen LogP contribution in [-0.2, 0) is 4.74 Å². The van der Waals surface area contributed by atoms with Crippen LogP contribution >= 0.6 is 35.6 Å². The standard InChI is InChI=1S/C18H18Cl2N2O2.ClH/c1-11-2-4-13(21)9-14(11)18(23)22-6-7-24-17(10-22)12-3-5-15(19)16(20)8-12;/h2-5,8-9,17H,6-7,10,21H2,1H3;1H. The molecule has 3 rings (SSSR count). The molecule has 0 saturated carbocycles. The number of hydrogen-bond acceptors (Lipinski definition) is 3.